The first-order valence-electron chi connectivity index (χ1n) is 10.1. The van der Waals surface area contributed by atoms with Gasteiger partial charge in [0, 0.05) is 45.0 Å². The maximum absolute atomic E-state index is 10.5. The van der Waals surface area contributed by atoms with Crippen LogP contribution in [0.3, 0.4) is 0 Å². The second kappa shape index (κ2) is 9.36. The van der Waals surface area contributed by atoms with Crippen LogP contribution in [0.25, 0.3) is 0 Å². The van der Waals surface area contributed by atoms with Crippen molar-refractivity contribution in [3.8, 4) is 0 Å². The van der Waals surface area contributed by atoms with Crippen LogP contribution in [0.15, 0.2) is 42.5 Å². The summed E-state index contributed by atoms with van der Waals surface area (Å²) in [5, 5.41) is 14.0. The Hall–Kier alpha value is -1.88. The molecule has 0 aromatic heterocycles. The maximum Gasteiger partial charge on any atom is 0.0914 e. The molecule has 1 heterocycles. The number of aliphatic hydroxyl groups is 1. The number of likely N-dealkylation sites (N-methyl/N-ethyl adjacent to an activating group) is 1. The summed E-state index contributed by atoms with van der Waals surface area (Å²) in [7, 11) is 0. The SMILES string of the molecule is CCN1CCN(c2ccccc2CNCC(O)c2cc(C)cc(C)c2)CC1. The van der Waals surface area contributed by atoms with Crippen LogP contribution in [-0.4, -0.2) is 49.3 Å². The Morgan fingerprint density at radius 2 is 1.67 bits per heavy atom. The van der Waals surface area contributed by atoms with Crippen molar-refractivity contribution in [3.05, 3.63) is 64.7 Å². The second-order valence-electron chi connectivity index (χ2n) is 7.62. The topological polar surface area (TPSA) is 38.7 Å². The van der Waals surface area contributed by atoms with Gasteiger partial charge in [-0.2, -0.15) is 0 Å². The first-order chi connectivity index (χ1) is 13.1. The molecule has 2 N–H and O–H groups in total. The van der Waals surface area contributed by atoms with Gasteiger partial charge in [0.05, 0.1) is 6.10 Å². The quantitative estimate of drug-likeness (QED) is 0.788. The highest BCUT2D eigenvalue weighted by molar-refractivity contribution is 5.54. The number of aliphatic hydroxyl groups excluding tert-OH is 1. The molecule has 1 atom stereocenters. The van der Waals surface area contributed by atoms with Gasteiger partial charge in [0.15, 0.2) is 0 Å². The molecule has 4 heteroatoms. The average molecular weight is 368 g/mol. The summed E-state index contributed by atoms with van der Waals surface area (Å²) in [4.78, 5) is 4.99. The Kier molecular flexibility index (Phi) is 6.89. The Bertz CT molecular complexity index is 718. The number of anilines is 1. The van der Waals surface area contributed by atoms with Gasteiger partial charge in [0.2, 0.25) is 0 Å². The monoisotopic (exact) mass is 367 g/mol. The van der Waals surface area contributed by atoms with Gasteiger partial charge < -0.3 is 20.2 Å². The number of hydrogen-bond donors (Lipinski definition) is 2. The minimum absolute atomic E-state index is 0.483. The molecule has 0 amide bonds. The van der Waals surface area contributed by atoms with Crippen molar-refractivity contribution < 1.29 is 5.11 Å². The van der Waals surface area contributed by atoms with Crippen molar-refractivity contribution in [1.82, 2.24) is 10.2 Å². The minimum atomic E-state index is -0.483. The molecule has 1 fully saturated rings. The summed E-state index contributed by atoms with van der Waals surface area (Å²) in [6.07, 6.45) is -0.483. The highest BCUT2D eigenvalue weighted by Crippen LogP contribution is 2.22. The van der Waals surface area contributed by atoms with Crippen LogP contribution in [-0.2, 0) is 6.54 Å². The molecule has 0 saturated carbocycles. The van der Waals surface area contributed by atoms with E-state index in [0.29, 0.717) is 6.54 Å². The summed E-state index contributed by atoms with van der Waals surface area (Å²) in [6.45, 7) is 13.3. The summed E-state index contributed by atoms with van der Waals surface area (Å²) in [5.41, 5.74) is 6.00. The van der Waals surface area contributed by atoms with Gasteiger partial charge in [-0.3, -0.25) is 0 Å². The molecule has 2 aromatic carbocycles. The van der Waals surface area contributed by atoms with Crippen molar-refractivity contribution in [2.45, 2.75) is 33.4 Å². The van der Waals surface area contributed by atoms with Crippen molar-refractivity contribution in [2.24, 2.45) is 0 Å². The molecule has 4 nitrogen and oxygen atoms in total. The number of rotatable bonds is 7. The Labute approximate surface area is 163 Å². The molecule has 146 valence electrons. The van der Waals surface area contributed by atoms with E-state index in [9.17, 15) is 5.11 Å². The molecule has 1 aliphatic heterocycles. The highest BCUT2D eigenvalue weighted by atomic mass is 16.3. The van der Waals surface area contributed by atoms with Gasteiger partial charge in [-0.25, -0.2) is 0 Å². The van der Waals surface area contributed by atoms with E-state index in [1.54, 1.807) is 0 Å². The van der Waals surface area contributed by atoms with Gasteiger partial charge >= 0.3 is 0 Å². The molecule has 3 rings (SSSR count). The molecule has 2 aromatic rings. The van der Waals surface area contributed by atoms with Crippen molar-refractivity contribution in [3.63, 3.8) is 0 Å². The smallest absolute Gasteiger partial charge is 0.0914 e. The van der Waals surface area contributed by atoms with E-state index < -0.39 is 6.10 Å². The van der Waals surface area contributed by atoms with Gasteiger partial charge in [0.25, 0.3) is 0 Å². The van der Waals surface area contributed by atoms with Crippen LogP contribution < -0.4 is 10.2 Å². The summed E-state index contributed by atoms with van der Waals surface area (Å²) < 4.78 is 0. The van der Waals surface area contributed by atoms with E-state index in [1.165, 1.54) is 22.4 Å². The lowest BCUT2D eigenvalue weighted by Gasteiger charge is -2.36. The predicted octanol–water partition coefficient (Wildman–Crippen LogP) is 3.27. The van der Waals surface area contributed by atoms with E-state index in [4.69, 9.17) is 0 Å². The van der Waals surface area contributed by atoms with Crippen LogP contribution in [0, 0.1) is 13.8 Å². The van der Waals surface area contributed by atoms with Crippen LogP contribution in [0.2, 0.25) is 0 Å². The molecule has 1 saturated heterocycles. The fourth-order valence-electron chi connectivity index (χ4n) is 3.94. The molecule has 27 heavy (non-hydrogen) atoms. The molecule has 1 aliphatic rings. The Morgan fingerprint density at radius 1 is 1.00 bits per heavy atom. The summed E-state index contributed by atoms with van der Waals surface area (Å²) in [6, 6.07) is 14.9. The molecule has 1 unspecified atom stereocenters. The first kappa shape index (κ1) is 19.9. The number of para-hydroxylation sites is 1. The van der Waals surface area contributed by atoms with Gasteiger partial charge in [-0.15, -0.1) is 0 Å². The number of piperazine rings is 1. The minimum Gasteiger partial charge on any atom is -0.387 e. The Morgan fingerprint density at radius 3 is 2.33 bits per heavy atom. The normalized spacial score (nSPS) is 16.5. The van der Waals surface area contributed by atoms with E-state index >= 15 is 0 Å². The van der Waals surface area contributed by atoms with E-state index in [-0.39, 0.29) is 0 Å². The summed E-state index contributed by atoms with van der Waals surface area (Å²) in [5.74, 6) is 0. The molecule has 0 aliphatic carbocycles. The van der Waals surface area contributed by atoms with Crippen molar-refractivity contribution in [1.29, 1.82) is 0 Å². The number of benzene rings is 2. The summed E-state index contributed by atoms with van der Waals surface area (Å²) >= 11 is 0. The zero-order valence-electron chi connectivity index (χ0n) is 16.9. The maximum atomic E-state index is 10.5. The molecule has 0 bridgehead atoms. The van der Waals surface area contributed by atoms with Crippen molar-refractivity contribution >= 4 is 5.69 Å². The lowest BCUT2D eigenvalue weighted by atomic mass is 10.0. The Balaban J connectivity index is 1.58. The number of nitrogens with one attached hydrogen (secondary N) is 1. The standard InChI is InChI=1S/C23H33N3O/c1-4-25-9-11-26(12-10-25)22-8-6-5-7-20(22)16-24-17-23(27)21-14-18(2)13-19(3)15-21/h5-8,13-15,23-24,27H,4,9-12,16-17H2,1-3H3. The largest absolute Gasteiger partial charge is 0.387 e. The van der Waals surface area contributed by atoms with Crippen LogP contribution >= 0.6 is 0 Å². The van der Waals surface area contributed by atoms with Crippen LogP contribution in [0.5, 0.6) is 0 Å². The third-order valence-corrected chi connectivity index (χ3v) is 5.43. The fourth-order valence-corrected chi connectivity index (χ4v) is 3.94. The lowest BCUT2D eigenvalue weighted by Crippen LogP contribution is -2.46. The molecule has 0 radical (unpaired) electrons. The zero-order valence-corrected chi connectivity index (χ0v) is 16.9. The zero-order chi connectivity index (χ0) is 19.2. The van der Waals surface area contributed by atoms with Crippen molar-refractivity contribution in [2.75, 3.05) is 44.2 Å². The molecule has 0 spiro atoms. The van der Waals surface area contributed by atoms with E-state index in [0.717, 1.165) is 44.8 Å². The van der Waals surface area contributed by atoms with Gasteiger partial charge in [-0.1, -0.05) is 54.4 Å². The average Bonchev–Trinajstić information content (AvgIpc) is 2.67. The first-order valence-corrected chi connectivity index (χ1v) is 10.1. The third kappa shape index (κ3) is 5.32. The van der Waals surface area contributed by atoms with Crippen LogP contribution in [0.1, 0.15) is 35.3 Å². The lowest BCUT2D eigenvalue weighted by molar-refractivity contribution is 0.174. The number of aryl methyl sites for hydroxylation is 2. The molecular weight excluding hydrogens is 334 g/mol. The van der Waals surface area contributed by atoms with E-state index in [1.807, 2.05) is 0 Å². The number of nitrogens with zero attached hydrogens (tertiary/aromatic N) is 2. The fraction of sp³-hybridized carbons (Fsp3) is 0.478. The highest BCUT2D eigenvalue weighted by Gasteiger charge is 2.18. The van der Waals surface area contributed by atoms with Crippen LogP contribution in [0.4, 0.5) is 5.69 Å². The second-order valence-corrected chi connectivity index (χ2v) is 7.62. The van der Waals surface area contributed by atoms with Gasteiger partial charge in [-0.05, 0) is 37.6 Å². The van der Waals surface area contributed by atoms with E-state index in [2.05, 4.69) is 78.4 Å². The third-order valence-electron chi connectivity index (χ3n) is 5.43. The molecular formula is C23H33N3O. The van der Waals surface area contributed by atoms with Gasteiger partial charge in [0.1, 0.15) is 0 Å². The predicted molar refractivity (Wildman–Crippen MR) is 113 cm³/mol. The number of hydrogen-bond acceptors (Lipinski definition) is 4.